The van der Waals surface area contributed by atoms with E-state index in [0.717, 1.165) is 31.2 Å². The van der Waals surface area contributed by atoms with Crippen LogP contribution in [0.4, 0.5) is 0 Å². The van der Waals surface area contributed by atoms with Crippen LogP contribution in [0.15, 0.2) is 24.3 Å². The summed E-state index contributed by atoms with van der Waals surface area (Å²) in [4.78, 5) is 24.3. The molecule has 1 aromatic carbocycles. The van der Waals surface area contributed by atoms with Gasteiger partial charge in [0.05, 0.1) is 0 Å². The fourth-order valence-corrected chi connectivity index (χ4v) is 4.15. The molecule has 5 nitrogen and oxygen atoms in total. The molecular weight excluding hydrogens is 326 g/mol. The zero-order valence-corrected chi connectivity index (χ0v) is 16.3. The molecule has 1 saturated carbocycles. The SMILES string of the molecule is CC1(C)CC(NC(=O)c2ccc(CNC(=O)C3CC3)cc2)CC(C)(C)N1. The lowest BCUT2D eigenvalue weighted by molar-refractivity contribution is -0.122. The van der Waals surface area contributed by atoms with Gasteiger partial charge in [-0.1, -0.05) is 12.1 Å². The van der Waals surface area contributed by atoms with Crippen molar-refractivity contribution in [3.05, 3.63) is 35.4 Å². The normalized spacial score (nSPS) is 21.8. The smallest absolute Gasteiger partial charge is 0.251 e. The molecule has 2 amide bonds. The molecule has 3 N–H and O–H groups in total. The lowest BCUT2D eigenvalue weighted by Crippen LogP contribution is -2.62. The van der Waals surface area contributed by atoms with Crippen LogP contribution in [0, 0.1) is 5.92 Å². The molecule has 0 unspecified atom stereocenters. The molecule has 1 heterocycles. The predicted octanol–water partition coefficient (Wildman–Crippen LogP) is 2.75. The van der Waals surface area contributed by atoms with Crippen molar-refractivity contribution >= 4 is 11.8 Å². The summed E-state index contributed by atoms with van der Waals surface area (Å²) in [6.07, 6.45) is 3.84. The number of hydrogen-bond donors (Lipinski definition) is 3. The van der Waals surface area contributed by atoms with Crippen LogP contribution < -0.4 is 16.0 Å². The van der Waals surface area contributed by atoms with E-state index in [4.69, 9.17) is 0 Å². The summed E-state index contributed by atoms with van der Waals surface area (Å²) >= 11 is 0. The van der Waals surface area contributed by atoms with Crippen LogP contribution in [0.25, 0.3) is 0 Å². The van der Waals surface area contributed by atoms with Crippen molar-refractivity contribution in [3.8, 4) is 0 Å². The fourth-order valence-electron chi connectivity index (χ4n) is 4.15. The molecule has 1 aromatic rings. The Morgan fingerprint density at radius 2 is 1.62 bits per heavy atom. The third kappa shape index (κ3) is 5.07. The molecule has 2 fully saturated rings. The Hall–Kier alpha value is -1.88. The van der Waals surface area contributed by atoms with E-state index in [1.807, 2.05) is 24.3 Å². The van der Waals surface area contributed by atoms with Crippen LogP contribution >= 0.6 is 0 Å². The summed E-state index contributed by atoms with van der Waals surface area (Å²) in [6.45, 7) is 9.24. The third-order valence-electron chi connectivity index (χ3n) is 5.16. The average Bonchev–Trinajstić information content (AvgIpc) is 3.34. The minimum absolute atomic E-state index is 0.00329. The molecule has 0 bridgehead atoms. The first-order chi connectivity index (χ1) is 12.1. The first kappa shape index (κ1) is 18.9. The van der Waals surface area contributed by atoms with Crippen molar-refractivity contribution < 1.29 is 9.59 Å². The lowest BCUT2D eigenvalue weighted by atomic mass is 9.79. The molecule has 0 spiro atoms. The van der Waals surface area contributed by atoms with Crippen molar-refractivity contribution in [2.75, 3.05) is 0 Å². The van der Waals surface area contributed by atoms with Gasteiger partial charge in [0.2, 0.25) is 5.91 Å². The standard InChI is InChI=1S/C21H31N3O2/c1-20(2)11-17(12-21(3,4)24-20)23-19(26)16-7-5-14(6-8-16)13-22-18(25)15-9-10-15/h5-8,15,17,24H,9-13H2,1-4H3,(H,22,25)(H,23,26). The van der Waals surface area contributed by atoms with Gasteiger partial charge in [0, 0.05) is 35.1 Å². The highest BCUT2D eigenvalue weighted by Crippen LogP contribution is 2.29. The van der Waals surface area contributed by atoms with E-state index in [9.17, 15) is 9.59 Å². The maximum Gasteiger partial charge on any atom is 0.251 e. The van der Waals surface area contributed by atoms with Crippen molar-refractivity contribution in [2.24, 2.45) is 5.92 Å². The first-order valence-electron chi connectivity index (χ1n) is 9.60. The second kappa shape index (κ2) is 7.03. The van der Waals surface area contributed by atoms with Gasteiger partial charge < -0.3 is 16.0 Å². The number of nitrogens with one attached hydrogen (secondary N) is 3. The van der Waals surface area contributed by atoms with Crippen LogP contribution in [-0.4, -0.2) is 28.9 Å². The van der Waals surface area contributed by atoms with Gasteiger partial charge in [-0.05, 0) is 71.1 Å². The Morgan fingerprint density at radius 1 is 1.04 bits per heavy atom. The molecular formula is C21H31N3O2. The zero-order chi connectivity index (χ0) is 18.9. The third-order valence-corrected chi connectivity index (χ3v) is 5.16. The highest BCUT2D eigenvalue weighted by Gasteiger charge is 2.38. The topological polar surface area (TPSA) is 70.2 Å². The van der Waals surface area contributed by atoms with Gasteiger partial charge in [-0.2, -0.15) is 0 Å². The summed E-state index contributed by atoms with van der Waals surface area (Å²) in [6, 6.07) is 7.67. The number of carbonyl (C=O) groups is 2. The van der Waals surface area contributed by atoms with Crippen LogP contribution in [-0.2, 0) is 11.3 Å². The molecule has 0 aromatic heterocycles. The zero-order valence-electron chi connectivity index (χ0n) is 16.3. The summed E-state index contributed by atoms with van der Waals surface area (Å²) in [5, 5.41) is 9.77. The predicted molar refractivity (Wildman–Crippen MR) is 103 cm³/mol. The van der Waals surface area contributed by atoms with Crippen LogP contribution in [0.5, 0.6) is 0 Å². The monoisotopic (exact) mass is 357 g/mol. The summed E-state index contributed by atoms with van der Waals surface area (Å²) in [5.74, 6) is 0.332. The maximum atomic E-state index is 12.6. The van der Waals surface area contributed by atoms with Crippen molar-refractivity contribution in [1.82, 2.24) is 16.0 Å². The van der Waals surface area contributed by atoms with E-state index >= 15 is 0 Å². The Bertz CT molecular complexity index is 659. The molecule has 0 radical (unpaired) electrons. The van der Waals surface area contributed by atoms with E-state index < -0.39 is 0 Å². The van der Waals surface area contributed by atoms with Gasteiger partial charge in [0.15, 0.2) is 0 Å². The summed E-state index contributed by atoms with van der Waals surface area (Å²) in [7, 11) is 0. The molecule has 26 heavy (non-hydrogen) atoms. The van der Waals surface area contributed by atoms with E-state index in [2.05, 4.69) is 43.6 Å². The second-order valence-corrected chi connectivity index (χ2v) is 9.16. The number of amides is 2. The molecule has 5 heteroatoms. The van der Waals surface area contributed by atoms with Gasteiger partial charge >= 0.3 is 0 Å². The molecule has 142 valence electrons. The lowest BCUT2D eigenvalue weighted by Gasteiger charge is -2.46. The minimum atomic E-state index is -0.0305. The Balaban J connectivity index is 1.55. The molecule has 1 aliphatic carbocycles. The maximum absolute atomic E-state index is 12.6. The van der Waals surface area contributed by atoms with Crippen LogP contribution in [0.3, 0.4) is 0 Å². The first-order valence-corrected chi connectivity index (χ1v) is 9.60. The Morgan fingerprint density at radius 3 is 2.15 bits per heavy atom. The number of benzene rings is 1. The highest BCUT2D eigenvalue weighted by atomic mass is 16.2. The van der Waals surface area contributed by atoms with Crippen molar-refractivity contribution in [2.45, 2.75) is 77.0 Å². The van der Waals surface area contributed by atoms with Gasteiger partial charge in [0.25, 0.3) is 5.91 Å². The Labute approximate surface area is 156 Å². The molecule has 0 atom stereocenters. The second-order valence-electron chi connectivity index (χ2n) is 9.16. The molecule has 1 saturated heterocycles. The van der Waals surface area contributed by atoms with Crippen molar-refractivity contribution in [3.63, 3.8) is 0 Å². The van der Waals surface area contributed by atoms with Crippen LogP contribution in [0.2, 0.25) is 0 Å². The quantitative estimate of drug-likeness (QED) is 0.759. The van der Waals surface area contributed by atoms with E-state index in [1.165, 1.54) is 0 Å². The molecule has 1 aliphatic heterocycles. The largest absolute Gasteiger partial charge is 0.352 e. The minimum Gasteiger partial charge on any atom is -0.352 e. The van der Waals surface area contributed by atoms with Gasteiger partial charge in [-0.25, -0.2) is 0 Å². The molecule has 2 aliphatic rings. The van der Waals surface area contributed by atoms with Crippen molar-refractivity contribution in [1.29, 1.82) is 0 Å². The van der Waals surface area contributed by atoms with Gasteiger partial charge in [0.1, 0.15) is 0 Å². The summed E-state index contributed by atoms with van der Waals surface area (Å²) in [5.41, 5.74) is 1.68. The Kier molecular flexibility index (Phi) is 5.11. The average molecular weight is 357 g/mol. The number of hydrogen-bond acceptors (Lipinski definition) is 3. The summed E-state index contributed by atoms with van der Waals surface area (Å²) < 4.78 is 0. The van der Waals surface area contributed by atoms with Gasteiger partial charge in [-0.3, -0.25) is 9.59 Å². The van der Waals surface area contributed by atoms with Gasteiger partial charge in [-0.15, -0.1) is 0 Å². The fraction of sp³-hybridized carbons (Fsp3) is 0.619. The van der Waals surface area contributed by atoms with Crippen LogP contribution in [0.1, 0.15) is 69.3 Å². The van der Waals surface area contributed by atoms with E-state index in [0.29, 0.717) is 12.1 Å². The molecule has 3 rings (SSSR count). The number of piperidine rings is 1. The van der Waals surface area contributed by atoms with E-state index in [1.54, 1.807) is 0 Å². The number of rotatable bonds is 5. The van der Waals surface area contributed by atoms with E-state index in [-0.39, 0.29) is 34.9 Å². The highest BCUT2D eigenvalue weighted by molar-refractivity contribution is 5.94. The number of carbonyl (C=O) groups excluding carboxylic acids is 2.